The molecule has 0 spiro atoms. The van der Waals surface area contributed by atoms with E-state index in [1.165, 1.54) is 13.3 Å². The van der Waals surface area contributed by atoms with Crippen molar-refractivity contribution in [2.24, 2.45) is 29.6 Å². The molecule has 4 aliphatic rings. The number of hydrogen-bond acceptors (Lipinski definition) is 7. The van der Waals surface area contributed by atoms with Crippen LogP contribution in [0.25, 0.3) is 0 Å². The van der Waals surface area contributed by atoms with E-state index < -0.39 is 17.8 Å². The summed E-state index contributed by atoms with van der Waals surface area (Å²) in [6.45, 7) is 14.7. The molecule has 0 aromatic carbocycles. The second-order valence-electron chi connectivity index (χ2n) is 12.4. The summed E-state index contributed by atoms with van der Waals surface area (Å²) in [5.74, 6) is 0.358. The highest BCUT2D eigenvalue weighted by Gasteiger charge is 2.65. The van der Waals surface area contributed by atoms with Gasteiger partial charge in [-0.15, -0.1) is 0 Å². The number of aliphatic hydroxyl groups is 1. The van der Waals surface area contributed by atoms with E-state index in [9.17, 15) is 14.7 Å². The van der Waals surface area contributed by atoms with Gasteiger partial charge in [-0.05, 0) is 49.5 Å². The number of rotatable bonds is 8. The molecule has 7 heteroatoms. The van der Waals surface area contributed by atoms with Gasteiger partial charge in [0.15, 0.2) is 0 Å². The number of hydrogen-bond donors (Lipinski definition) is 1. The van der Waals surface area contributed by atoms with E-state index in [1.807, 2.05) is 6.92 Å². The molecule has 11 atom stereocenters. The Kier molecular flexibility index (Phi) is 9.07. The third kappa shape index (κ3) is 5.79. The fourth-order valence-corrected chi connectivity index (χ4v) is 7.61. The smallest absolute Gasteiger partial charge is 0.306 e. The highest BCUT2D eigenvalue weighted by molar-refractivity contribution is 5.69. The largest absolute Gasteiger partial charge is 0.462 e. The molecular weight excluding hydrogens is 472 g/mol. The van der Waals surface area contributed by atoms with Crippen LogP contribution in [0.15, 0.2) is 12.2 Å². The fourth-order valence-electron chi connectivity index (χ4n) is 7.61. The van der Waals surface area contributed by atoms with Crippen molar-refractivity contribution >= 4 is 11.9 Å². The first-order valence-corrected chi connectivity index (χ1v) is 14.6. The maximum absolute atomic E-state index is 13.0. The monoisotopic (exact) mass is 520 g/mol. The van der Waals surface area contributed by atoms with Gasteiger partial charge in [-0.2, -0.15) is 0 Å². The minimum absolute atomic E-state index is 0.0249. The molecule has 1 unspecified atom stereocenters. The number of unbranched alkanes of at least 4 members (excludes halogenated alkanes) is 4. The summed E-state index contributed by atoms with van der Waals surface area (Å²) in [5.41, 5.74) is -0.260. The number of carbonyl (C=O) groups is 2. The lowest BCUT2D eigenvalue weighted by atomic mass is 9.59. The molecule has 1 saturated carbocycles. The SMILES string of the molecule is C=C1CC2O[C@H]3[C@H]4[C@@H](C[C@@H](C)[C@@H](OC(C)=O)[C@@H]24)[C@@H](C)CO[C@@]3(C)[C@H](OC(=O)CCCCCCC)C[C@H]1O. The molecule has 7 nitrogen and oxygen atoms in total. The number of ether oxygens (including phenoxy) is 4. The van der Waals surface area contributed by atoms with E-state index in [0.29, 0.717) is 30.9 Å². The molecule has 4 fully saturated rings. The van der Waals surface area contributed by atoms with Crippen molar-refractivity contribution in [1.82, 2.24) is 0 Å². The van der Waals surface area contributed by atoms with Crippen molar-refractivity contribution in [1.29, 1.82) is 0 Å². The van der Waals surface area contributed by atoms with Gasteiger partial charge < -0.3 is 24.1 Å². The minimum atomic E-state index is -0.925. The summed E-state index contributed by atoms with van der Waals surface area (Å²) in [6.07, 6.45) is 4.92. The Morgan fingerprint density at radius 2 is 1.81 bits per heavy atom. The number of esters is 2. The van der Waals surface area contributed by atoms with Gasteiger partial charge in [0, 0.05) is 31.6 Å². The van der Waals surface area contributed by atoms with Crippen LogP contribution in [0.4, 0.5) is 0 Å². The van der Waals surface area contributed by atoms with Gasteiger partial charge in [-0.3, -0.25) is 9.59 Å². The molecule has 1 N–H and O–H groups in total. The standard InChI is InChI=1S/C30H48O7/c1-7-8-9-10-11-12-25(33)37-24-15-22(32)17(2)14-23-27-26-21(13-18(3)28(27)35-20(5)31)19(4)16-34-30(24,6)29(26)36-23/h18-19,21-24,26-29,32H,2,7-16H2,1,3-6H3/t18-,19+,21+,22-,23?,24-,26+,27+,28-,29+,30+/m1/s1. The average molecular weight is 521 g/mol. The van der Waals surface area contributed by atoms with Crippen molar-refractivity contribution in [2.75, 3.05) is 6.61 Å². The van der Waals surface area contributed by atoms with Crippen LogP contribution in [0.5, 0.6) is 0 Å². The van der Waals surface area contributed by atoms with Crippen LogP contribution in [0.3, 0.4) is 0 Å². The molecule has 0 aromatic rings. The predicted molar refractivity (Wildman–Crippen MR) is 140 cm³/mol. The molecule has 1 aliphatic carbocycles. The lowest BCUT2D eigenvalue weighted by Crippen LogP contribution is -2.58. The van der Waals surface area contributed by atoms with Crippen molar-refractivity contribution in [3.05, 3.63) is 12.2 Å². The van der Waals surface area contributed by atoms with E-state index in [0.717, 1.165) is 32.1 Å². The maximum atomic E-state index is 13.0. The van der Waals surface area contributed by atoms with Gasteiger partial charge in [0.25, 0.3) is 0 Å². The zero-order valence-electron chi connectivity index (χ0n) is 23.4. The normalized spacial score (nSPS) is 43.2. The number of carbonyl (C=O) groups excluding carboxylic acids is 2. The van der Waals surface area contributed by atoms with E-state index in [2.05, 4.69) is 27.4 Å². The van der Waals surface area contributed by atoms with Gasteiger partial charge >= 0.3 is 11.9 Å². The molecule has 2 bridgehead atoms. The molecule has 0 radical (unpaired) electrons. The molecule has 3 heterocycles. The molecular formula is C30H48O7. The van der Waals surface area contributed by atoms with E-state index in [4.69, 9.17) is 18.9 Å². The highest BCUT2D eigenvalue weighted by Crippen LogP contribution is 2.58. The van der Waals surface area contributed by atoms with Crippen molar-refractivity contribution in [3.8, 4) is 0 Å². The molecule has 37 heavy (non-hydrogen) atoms. The lowest BCUT2D eigenvalue weighted by Gasteiger charge is -2.47. The van der Waals surface area contributed by atoms with Crippen LogP contribution in [0.1, 0.15) is 92.4 Å². The van der Waals surface area contributed by atoms with E-state index in [1.54, 1.807) is 0 Å². The van der Waals surface area contributed by atoms with Gasteiger partial charge in [-0.25, -0.2) is 0 Å². The molecule has 4 rings (SSSR count). The van der Waals surface area contributed by atoms with Gasteiger partial charge in [-0.1, -0.05) is 53.0 Å². The second kappa shape index (κ2) is 11.7. The van der Waals surface area contributed by atoms with Gasteiger partial charge in [0.2, 0.25) is 0 Å². The Labute approximate surface area is 222 Å². The summed E-state index contributed by atoms with van der Waals surface area (Å²) in [6, 6.07) is 0. The summed E-state index contributed by atoms with van der Waals surface area (Å²) in [7, 11) is 0. The fraction of sp³-hybridized carbons (Fsp3) is 0.867. The molecule has 3 saturated heterocycles. The van der Waals surface area contributed by atoms with Crippen molar-refractivity contribution in [3.63, 3.8) is 0 Å². The quantitative estimate of drug-likeness (QED) is 0.274. The second-order valence-corrected chi connectivity index (χ2v) is 12.4. The topological polar surface area (TPSA) is 91.3 Å². The Morgan fingerprint density at radius 3 is 2.51 bits per heavy atom. The third-order valence-electron chi connectivity index (χ3n) is 9.65. The number of aliphatic hydroxyl groups excluding tert-OH is 1. The Bertz CT molecular complexity index is 842. The summed E-state index contributed by atoms with van der Waals surface area (Å²) < 4.78 is 25.6. The number of fused-ring (bicyclic) bond motifs is 2. The maximum Gasteiger partial charge on any atom is 0.306 e. The molecule has 3 aliphatic heterocycles. The van der Waals surface area contributed by atoms with Crippen LogP contribution in [-0.2, 0) is 28.5 Å². The first-order chi connectivity index (χ1) is 17.6. The van der Waals surface area contributed by atoms with Gasteiger partial charge in [0.1, 0.15) is 17.8 Å². The van der Waals surface area contributed by atoms with E-state index >= 15 is 0 Å². The summed E-state index contributed by atoms with van der Waals surface area (Å²) >= 11 is 0. The third-order valence-corrected chi connectivity index (χ3v) is 9.65. The Morgan fingerprint density at radius 1 is 1.08 bits per heavy atom. The van der Waals surface area contributed by atoms with Crippen molar-refractivity contribution in [2.45, 2.75) is 129 Å². The first-order valence-electron chi connectivity index (χ1n) is 14.6. The molecule has 0 amide bonds. The molecule has 0 aromatic heterocycles. The van der Waals surface area contributed by atoms with Gasteiger partial charge in [0.05, 0.1) is 24.9 Å². The summed E-state index contributed by atoms with van der Waals surface area (Å²) in [5, 5.41) is 11.1. The van der Waals surface area contributed by atoms with Crippen LogP contribution in [0.2, 0.25) is 0 Å². The van der Waals surface area contributed by atoms with E-state index in [-0.39, 0.29) is 60.3 Å². The van der Waals surface area contributed by atoms with Crippen LogP contribution in [0, 0.1) is 29.6 Å². The molecule has 210 valence electrons. The van der Waals surface area contributed by atoms with Crippen LogP contribution >= 0.6 is 0 Å². The zero-order chi connectivity index (χ0) is 26.9. The Balaban J connectivity index is 1.65. The Hall–Kier alpha value is -1.44. The first kappa shape index (κ1) is 28.6. The predicted octanol–water partition coefficient (Wildman–Crippen LogP) is 4.98. The highest BCUT2D eigenvalue weighted by atomic mass is 16.6. The summed E-state index contributed by atoms with van der Waals surface area (Å²) in [4.78, 5) is 25.1. The average Bonchev–Trinajstić information content (AvgIpc) is 3.18. The lowest BCUT2D eigenvalue weighted by molar-refractivity contribution is -0.205. The van der Waals surface area contributed by atoms with Crippen LogP contribution in [-0.4, -0.2) is 59.8 Å². The van der Waals surface area contributed by atoms with Crippen LogP contribution < -0.4 is 0 Å². The van der Waals surface area contributed by atoms with Crippen molar-refractivity contribution < 1.29 is 33.6 Å². The minimum Gasteiger partial charge on any atom is -0.462 e. The zero-order valence-corrected chi connectivity index (χ0v) is 23.4.